The zero-order chi connectivity index (χ0) is 21.1. The zero-order valence-electron chi connectivity index (χ0n) is 18.1. The van der Waals surface area contributed by atoms with Gasteiger partial charge in [0.1, 0.15) is 17.8 Å². The number of anilines is 2. The first-order chi connectivity index (χ1) is 14.4. The van der Waals surface area contributed by atoms with E-state index in [-0.39, 0.29) is 11.2 Å². The quantitative estimate of drug-likeness (QED) is 0.630. The molecule has 3 aromatic rings. The van der Waals surface area contributed by atoms with E-state index >= 15 is 0 Å². The second kappa shape index (κ2) is 8.46. The first kappa shape index (κ1) is 20.4. The number of nitrogens with zero attached hydrogens (tertiary/aromatic N) is 3. The molecule has 1 atom stereocenters. The van der Waals surface area contributed by atoms with Crippen LogP contribution in [0.15, 0.2) is 42.9 Å². The Balaban J connectivity index is 1.37. The molecule has 2 aromatic heterocycles. The topological polar surface area (TPSA) is 73.9 Å². The number of Topliss-reactive ketones (excluding diaryl/α,β-unsaturated/α-hetero) is 1. The Bertz CT molecular complexity index is 1020. The van der Waals surface area contributed by atoms with Crippen molar-refractivity contribution in [1.82, 2.24) is 15.0 Å². The maximum absolute atomic E-state index is 12.7. The van der Waals surface area contributed by atoms with Gasteiger partial charge >= 0.3 is 0 Å². The van der Waals surface area contributed by atoms with E-state index in [4.69, 9.17) is 0 Å². The van der Waals surface area contributed by atoms with E-state index in [9.17, 15) is 4.79 Å². The SMILES string of the molecule is CC(C)(C)c1ccccc1NCC(=O)C[C@@H]1CCCN(c2ncnc3[nH]ccc23)C1. The van der Waals surface area contributed by atoms with Gasteiger partial charge in [0.2, 0.25) is 0 Å². The van der Waals surface area contributed by atoms with E-state index in [1.54, 1.807) is 6.33 Å². The van der Waals surface area contributed by atoms with Crippen molar-refractivity contribution in [3.05, 3.63) is 48.4 Å². The van der Waals surface area contributed by atoms with Crippen LogP contribution in [0.4, 0.5) is 11.5 Å². The molecular weight excluding hydrogens is 374 g/mol. The zero-order valence-corrected chi connectivity index (χ0v) is 18.1. The van der Waals surface area contributed by atoms with E-state index in [2.05, 4.69) is 64.1 Å². The Kier molecular flexibility index (Phi) is 5.75. The van der Waals surface area contributed by atoms with Crippen molar-refractivity contribution in [2.45, 2.75) is 45.4 Å². The van der Waals surface area contributed by atoms with Crippen molar-refractivity contribution in [3.8, 4) is 0 Å². The molecule has 1 aliphatic rings. The van der Waals surface area contributed by atoms with Gasteiger partial charge in [-0.05, 0) is 41.9 Å². The Hall–Kier alpha value is -2.89. The Morgan fingerprint density at radius 2 is 2.07 bits per heavy atom. The number of rotatable bonds is 6. The lowest BCUT2D eigenvalue weighted by Crippen LogP contribution is -2.37. The smallest absolute Gasteiger partial charge is 0.152 e. The fourth-order valence-corrected chi connectivity index (χ4v) is 4.41. The summed E-state index contributed by atoms with van der Waals surface area (Å²) in [5, 5.41) is 4.43. The number of hydrogen-bond donors (Lipinski definition) is 2. The van der Waals surface area contributed by atoms with Crippen LogP contribution >= 0.6 is 0 Å². The molecule has 6 nitrogen and oxygen atoms in total. The van der Waals surface area contributed by atoms with Crippen LogP contribution in [0.2, 0.25) is 0 Å². The van der Waals surface area contributed by atoms with Gasteiger partial charge in [-0.3, -0.25) is 4.79 Å². The molecule has 0 radical (unpaired) electrons. The number of aromatic amines is 1. The normalized spacial score (nSPS) is 17.3. The maximum Gasteiger partial charge on any atom is 0.152 e. The molecule has 1 fully saturated rings. The molecule has 4 rings (SSSR count). The number of carbonyl (C=O) groups excluding carboxylic acids is 1. The first-order valence-corrected chi connectivity index (χ1v) is 10.8. The number of aromatic nitrogens is 3. The van der Waals surface area contributed by atoms with E-state index in [1.165, 1.54) is 5.56 Å². The second-order valence-corrected chi connectivity index (χ2v) is 9.28. The molecule has 0 saturated carbocycles. The lowest BCUT2D eigenvalue weighted by atomic mass is 9.85. The van der Waals surface area contributed by atoms with Crippen LogP contribution in [-0.2, 0) is 10.2 Å². The standard InChI is InChI=1S/C24H31N5O/c1-24(2,3)20-8-4-5-9-21(20)26-14-18(30)13-17-7-6-12-29(15-17)23-19-10-11-25-22(19)27-16-28-23/h4-5,8-11,16-17,26H,6-7,12-15H2,1-3H3,(H,25,27,28)/t17-/m0/s1. The highest BCUT2D eigenvalue weighted by Gasteiger charge is 2.25. The summed E-state index contributed by atoms with van der Waals surface area (Å²) in [7, 11) is 0. The number of hydrogen-bond acceptors (Lipinski definition) is 5. The molecule has 0 aliphatic carbocycles. The number of fused-ring (bicyclic) bond motifs is 1. The third-order valence-electron chi connectivity index (χ3n) is 5.88. The summed E-state index contributed by atoms with van der Waals surface area (Å²) in [4.78, 5) is 27.0. The van der Waals surface area contributed by atoms with Crippen LogP contribution in [0.1, 0.15) is 45.6 Å². The van der Waals surface area contributed by atoms with Crippen molar-refractivity contribution in [2.75, 3.05) is 29.9 Å². The minimum absolute atomic E-state index is 0.0393. The van der Waals surface area contributed by atoms with Crippen LogP contribution in [0.5, 0.6) is 0 Å². The molecular formula is C24H31N5O. The average molecular weight is 406 g/mol. The molecule has 0 amide bonds. The Labute approximate surface area is 178 Å². The van der Waals surface area contributed by atoms with Crippen molar-refractivity contribution >= 4 is 28.3 Å². The van der Waals surface area contributed by atoms with Crippen LogP contribution in [0.25, 0.3) is 11.0 Å². The van der Waals surface area contributed by atoms with Gasteiger partial charge in [0.15, 0.2) is 5.78 Å². The number of benzene rings is 1. The summed E-state index contributed by atoms with van der Waals surface area (Å²) >= 11 is 0. The molecule has 3 heterocycles. The molecule has 1 saturated heterocycles. The fraction of sp³-hybridized carbons (Fsp3) is 0.458. The first-order valence-electron chi connectivity index (χ1n) is 10.8. The van der Waals surface area contributed by atoms with Crippen molar-refractivity contribution in [1.29, 1.82) is 0 Å². The molecule has 1 aliphatic heterocycles. The molecule has 6 heteroatoms. The third-order valence-corrected chi connectivity index (χ3v) is 5.88. The number of ketones is 1. The Morgan fingerprint density at radius 3 is 2.90 bits per heavy atom. The molecule has 0 bridgehead atoms. The summed E-state index contributed by atoms with van der Waals surface area (Å²) in [6.45, 7) is 8.79. The van der Waals surface area contributed by atoms with Crippen molar-refractivity contribution in [3.63, 3.8) is 0 Å². The van der Waals surface area contributed by atoms with Gasteiger partial charge in [-0.2, -0.15) is 0 Å². The van der Waals surface area contributed by atoms with Gasteiger partial charge in [-0.15, -0.1) is 0 Å². The van der Waals surface area contributed by atoms with E-state index in [1.807, 2.05) is 18.3 Å². The Morgan fingerprint density at radius 1 is 1.23 bits per heavy atom. The third kappa shape index (κ3) is 4.48. The van der Waals surface area contributed by atoms with Gasteiger partial charge in [0.05, 0.1) is 11.9 Å². The van der Waals surface area contributed by atoms with Crippen molar-refractivity contribution in [2.24, 2.45) is 5.92 Å². The van der Waals surface area contributed by atoms with Crippen LogP contribution < -0.4 is 10.2 Å². The number of H-pyrrole nitrogens is 1. The second-order valence-electron chi connectivity index (χ2n) is 9.28. The summed E-state index contributed by atoms with van der Waals surface area (Å²) < 4.78 is 0. The molecule has 2 N–H and O–H groups in total. The van der Waals surface area contributed by atoms with Gasteiger partial charge < -0.3 is 15.2 Å². The predicted molar refractivity (Wildman–Crippen MR) is 122 cm³/mol. The highest BCUT2D eigenvalue weighted by Crippen LogP contribution is 2.30. The highest BCUT2D eigenvalue weighted by atomic mass is 16.1. The van der Waals surface area contributed by atoms with Crippen LogP contribution in [0.3, 0.4) is 0 Å². The van der Waals surface area contributed by atoms with E-state index in [0.717, 1.165) is 48.5 Å². The summed E-state index contributed by atoms with van der Waals surface area (Å²) in [6.07, 6.45) is 6.27. The molecule has 0 spiro atoms. The molecule has 0 unspecified atom stereocenters. The van der Waals surface area contributed by atoms with E-state index < -0.39 is 0 Å². The predicted octanol–water partition coefficient (Wildman–Crippen LogP) is 4.54. The number of piperidine rings is 1. The number of carbonyl (C=O) groups is 1. The fourth-order valence-electron chi connectivity index (χ4n) is 4.41. The lowest BCUT2D eigenvalue weighted by Gasteiger charge is -2.33. The van der Waals surface area contributed by atoms with Crippen molar-refractivity contribution < 1.29 is 4.79 Å². The van der Waals surface area contributed by atoms with Crippen LogP contribution in [0, 0.1) is 5.92 Å². The highest BCUT2D eigenvalue weighted by molar-refractivity contribution is 5.87. The van der Waals surface area contributed by atoms with Gasteiger partial charge in [-0.1, -0.05) is 39.0 Å². The minimum Gasteiger partial charge on any atom is -0.378 e. The molecule has 158 valence electrons. The largest absolute Gasteiger partial charge is 0.378 e. The summed E-state index contributed by atoms with van der Waals surface area (Å²) in [5.74, 6) is 1.59. The minimum atomic E-state index is 0.0393. The molecule has 30 heavy (non-hydrogen) atoms. The lowest BCUT2D eigenvalue weighted by molar-refractivity contribution is -0.118. The molecule has 1 aromatic carbocycles. The summed E-state index contributed by atoms with van der Waals surface area (Å²) in [6, 6.07) is 10.3. The number of para-hydroxylation sites is 1. The summed E-state index contributed by atoms with van der Waals surface area (Å²) in [5.41, 5.74) is 3.19. The van der Waals surface area contributed by atoms with Crippen LogP contribution in [-0.4, -0.2) is 40.4 Å². The average Bonchev–Trinajstić information content (AvgIpc) is 3.21. The van der Waals surface area contributed by atoms with E-state index in [0.29, 0.717) is 18.9 Å². The van der Waals surface area contributed by atoms with Gasteiger partial charge in [-0.25, -0.2) is 9.97 Å². The van der Waals surface area contributed by atoms with Gasteiger partial charge in [0, 0.05) is 31.4 Å². The number of nitrogens with one attached hydrogen (secondary N) is 2. The monoisotopic (exact) mass is 405 g/mol. The van der Waals surface area contributed by atoms with Gasteiger partial charge in [0.25, 0.3) is 0 Å². The maximum atomic E-state index is 12.7.